The highest BCUT2D eigenvalue weighted by Crippen LogP contribution is 2.64. The first-order chi connectivity index (χ1) is 15.9. The van der Waals surface area contributed by atoms with E-state index in [9.17, 15) is 13.2 Å². The second-order valence-corrected chi connectivity index (χ2v) is 9.75. The third kappa shape index (κ3) is 4.75. The Bertz CT molecular complexity index is 956. The Morgan fingerprint density at radius 2 is 1.91 bits per heavy atom. The van der Waals surface area contributed by atoms with Crippen molar-refractivity contribution in [2.75, 3.05) is 39.5 Å². The fraction of sp³-hybridized carbons (Fsp3) is 0.667. The van der Waals surface area contributed by atoms with Crippen molar-refractivity contribution in [3.8, 4) is 6.01 Å². The zero-order valence-electron chi connectivity index (χ0n) is 19.0. The van der Waals surface area contributed by atoms with Crippen LogP contribution in [0.3, 0.4) is 0 Å². The maximum absolute atomic E-state index is 12.8. The van der Waals surface area contributed by atoms with Gasteiger partial charge < -0.3 is 14.4 Å². The van der Waals surface area contributed by atoms with E-state index in [1.54, 1.807) is 12.1 Å². The molecule has 2 atom stereocenters. The molecule has 3 aliphatic rings. The fourth-order valence-corrected chi connectivity index (χ4v) is 5.56. The Hall–Kier alpha value is -2.13. The molecule has 0 bridgehead atoms. The normalized spacial score (nSPS) is 26.2. The molecule has 33 heavy (non-hydrogen) atoms. The molecule has 5 rings (SSSR count). The molecular formula is C24H31F3N4O2. The average Bonchev–Trinajstić information content (AvgIpc) is 3.15. The van der Waals surface area contributed by atoms with Crippen molar-refractivity contribution < 1.29 is 22.6 Å². The monoisotopic (exact) mass is 464 g/mol. The van der Waals surface area contributed by atoms with E-state index in [1.807, 2.05) is 11.6 Å². The lowest BCUT2D eigenvalue weighted by molar-refractivity contribution is -0.137. The van der Waals surface area contributed by atoms with Crippen LogP contribution in [0.1, 0.15) is 60.9 Å². The quantitative estimate of drug-likeness (QED) is 0.570. The summed E-state index contributed by atoms with van der Waals surface area (Å²) in [5.41, 5.74) is 0.704. The van der Waals surface area contributed by atoms with Gasteiger partial charge in [0.2, 0.25) is 0 Å². The third-order valence-corrected chi connectivity index (χ3v) is 7.60. The van der Waals surface area contributed by atoms with Gasteiger partial charge in [0.05, 0.1) is 12.2 Å². The summed E-state index contributed by atoms with van der Waals surface area (Å²) in [5, 5.41) is 8.56. The van der Waals surface area contributed by atoms with E-state index in [4.69, 9.17) is 9.47 Å². The van der Waals surface area contributed by atoms with Gasteiger partial charge in [-0.3, -0.25) is 4.57 Å². The Balaban J connectivity index is 1.06. The molecular weight excluding hydrogens is 433 g/mol. The zero-order valence-corrected chi connectivity index (χ0v) is 19.0. The number of aromatic nitrogens is 3. The second-order valence-electron chi connectivity index (χ2n) is 9.75. The van der Waals surface area contributed by atoms with Crippen LogP contribution in [0.15, 0.2) is 24.3 Å². The van der Waals surface area contributed by atoms with Crippen molar-refractivity contribution >= 4 is 0 Å². The Labute approximate surface area is 192 Å². The second kappa shape index (κ2) is 8.91. The van der Waals surface area contributed by atoms with Gasteiger partial charge in [0.1, 0.15) is 5.82 Å². The SMILES string of the molecule is Cn1c(OCCCN2CCC3(CC3c3ccc(C(F)(F)F)cc3)C2)nnc1C1CCOCC1. The number of likely N-dealkylation sites (tertiary alicyclic amines) is 1. The molecule has 0 radical (unpaired) electrons. The zero-order chi connectivity index (χ0) is 23.1. The molecule has 3 heterocycles. The molecule has 2 aliphatic heterocycles. The number of rotatable bonds is 7. The van der Waals surface area contributed by atoms with Gasteiger partial charge in [-0.1, -0.05) is 17.2 Å². The highest BCUT2D eigenvalue weighted by Gasteiger charge is 2.57. The van der Waals surface area contributed by atoms with Gasteiger partial charge in [0.15, 0.2) is 0 Å². The van der Waals surface area contributed by atoms with E-state index >= 15 is 0 Å². The molecule has 2 aromatic rings. The summed E-state index contributed by atoms with van der Waals surface area (Å²) in [5.74, 6) is 1.73. The number of alkyl halides is 3. The summed E-state index contributed by atoms with van der Waals surface area (Å²) in [6, 6.07) is 6.32. The highest BCUT2D eigenvalue weighted by atomic mass is 19.4. The maximum Gasteiger partial charge on any atom is 0.416 e. The van der Waals surface area contributed by atoms with Crippen molar-refractivity contribution in [3.63, 3.8) is 0 Å². The summed E-state index contributed by atoms with van der Waals surface area (Å²) < 4.78 is 51.7. The number of ether oxygens (including phenoxy) is 2. The number of nitrogens with zero attached hydrogens (tertiary/aromatic N) is 4. The minimum Gasteiger partial charge on any atom is -0.464 e. The minimum absolute atomic E-state index is 0.239. The van der Waals surface area contributed by atoms with Crippen LogP contribution in [0.5, 0.6) is 6.01 Å². The van der Waals surface area contributed by atoms with Crippen LogP contribution < -0.4 is 4.74 Å². The lowest BCUT2D eigenvalue weighted by Gasteiger charge is -2.21. The van der Waals surface area contributed by atoms with Crippen molar-refractivity contribution in [2.24, 2.45) is 12.5 Å². The molecule has 1 aromatic heterocycles. The number of hydrogen-bond acceptors (Lipinski definition) is 5. The van der Waals surface area contributed by atoms with Crippen LogP contribution in [-0.2, 0) is 18.0 Å². The summed E-state index contributed by atoms with van der Waals surface area (Å²) >= 11 is 0. The van der Waals surface area contributed by atoms with Crippen molar-refractivity contribution in [2.45, 2.75) is 50.1 Å². The predicted octanol–water partition coefficient (Wildman–Crippen LogP) is 4.38. The van der Waals surface area contributed by atoms with Gasteiger partial charge in [-0.25, -0.2) is 0 Å². The fourth-order valence-electron chi connectivity index (χ4n) is 5.56. The molecule has 9 heteroatoms. The molecule has 2 unspecified atom stereocenters. The topological polar surface area (TPSA) is 52.4 Å². The number of hydrogen-bond donors (Lipinski definition) is 0. The molecule has 2 saturated heterocycles. The number of halogens is 3. The van der Waals surface area contributed by atoms with E-state index in [1.165, 1.54) is 12.1 Å². The van der Waals surface area contributed by atoms with Crippen LogP contribution in [0.4, 0.5) is 13.2 Å². The summed E-state index contributed by atoms with van der Waals surface area (Å²) in [6.45, 7) is 5.12. The van der Waals surface area contributed by atoms with E-state index in [-0.39, 0.29) is 5.41 Å². The first-order valence-corrected chi connectivity index (χ1v) is 11.9. The van der Waals surface area contributed by atoms with Gasteiger partial charge in [-0.2, -0.15) is 13.2 Å². The molecule has 180 valence electrons. The maximum atomic E-state index is 12.8. The molecule has 0 N–H and O–H groups in total. The van der Waals surface area contributed by atoms with Gasteiger partial charge in [0.25, 0.3) is 0 Å². The molecule has 6 nitrogen and oxygen atoms in total. The minimum atomic E-state index is -4.27. The number of benzene rings is 1. The van der Waals surface area contributed by atoms with Crippen LogP contribution in [-0.4, -0.2) is 59.1 Å². The van der Waals surface area contributed by atoms with Crippen molar-refractivity contribution in [3.05, 3.63) is 41.2 Å². The van der Waals surface area contributed by atoms with E-state index < -0.39 is 11.7 Å². The van der Waals surface area contributed by atoms with Crippen molar-refractivity contribution in [1.29, 1.82) is 0 Å². The molecule has 0 amide bonds. The standard InChI is InChI=1S/C24H31F3N4O2/c1-30-21(18-7-13-32-14-8-18)28-29-22(30)33-12-2-10-31-11-9-23(16-31)15-20(23)17-3-5-19(6-4-17)24(25,26)27/h3-6,18,20H,2,7-16H2,1H3. The lowest BCUT2D eigenvalue weighted by atomic mass is 9.97. The molecule has 1 saturated carbocycles. The summed E-state index contributed by atoms with van der Waals surface area (Å²) in [4.78, 5) is 2.46. The highest BCUT2D eigenvalue weighted by molar-refractivity contribution is 5.34. The van der Waals surface area contributed by atoms with Crippen LogP contribution in [0.2, 0.25) is 0 Å². The lowest BCUT2D eigenvalue weighted by Crippen LogP contribution is -2.24. The van der Waals surface area contributed by atoms with Gasteiger partial charge in [-0.05, 0) is 67.7 Å². The summed E-state index contributed by atoms with van der Waals surface area (Å²) in [6.07, 6.45) is 0.743. The first kappa shape index (κ1) is 22.7. The Kier molecular flexibility index (Phi) is 6.11. The smallest absolute Gasteiger partial charge is 0.416 e. The molecule has 3 fully saturated rings. The van der Waals surface area contributed by atoms with E-state index in [0.29, 0.717) is 24.5 Å². The first-order valence-electron chi connectivity index (χ1n) is 11.9. The van der Waals surface area contributed by atoms with Crippen LogP contribution >= 0.6 is 0 Å². The Morgan fingerprint density at radius 3 is 2.64 bits per heavy atom. The largest absolute Gasteiger partial charge is 0.464 e. The third-order valence-electron chi connectivity index (χ3n) is 7.60. The molecule has 1 spiro atoms. The van der Waals surface area contributed by atoms with Crippen LogP contribution in [0, 0.1) is 5.41 Å². The van der Waals surface area contributed by atoms with Crippen molar-refractivity contribution in [1.82, 2.24) is 19.7 Å². The van der Waals surface area contributed by atoms with Gasteiger partial charge in [0, 0.05) is 39.3 Å². The molecule has 1 aromatic carbocycles. The molecule has 1 aliphatic carbocycles. The van der Waals surface area contributed by atoms with Crippen LogP contribution in [0.25, 0.3) is 0 Å². The van der Waals surface area contributed by atoms with E-state index in [2.05, 4.69) is 15.1 Å². The van der Waals surface area contributed by atoms with Gasteiger partial charge >= 0.3 is 12.2 Å². The predicted molar refractivity (Wildman–Crippen MR) is 116 cm³/mol. The average molecular weight is 465 g/mol. The Morgan fingerprint density at radius 1 is 1.15 bits per heavy atom. The van der Waals surface area contributed by atoms with E-state index in [0.717, 1.165) is 76.3 Å². The van der Waals surface area contributed by atoms with Gasteiger partial charge in [-0.15, -0.1) is 5.10 Å². The summed E-state index contributed by atoms with van der Waals surface area (Å²) in [7, 11) is 1.96.